The molecule has 0 atom stereocenters. The van der Waals surface area contributed by atoms with E-state index < -0.39 is 10.0 Å². The molecule has 0 unspecified atom stereocenters. The number of hydrogen-bond donors (Lipinski definition) is 1. The minimum absolute atomic E-state index is 0.0668. The Hall–Kier alpha value is -1.20. The Morgan fingerprint density at radius 2 is 1.79 bits per heavy atom. The minimum atomic E-state index is -3.45. The first-order valence-electron chi connectivity index (χ1n) is 6.60. The summed E-state index contributed by atoms with van der Waals surface area (Å²) in [6, 6.07) is 6.06. The number of hydrogen-bond acceptors (Lipinski definition) is 3. The SMILES string of the molecule is CC(=O)c1ccc(S(=O)(=O)NCC2CCCC2)cc1. The quantitative estimate of drug-likeness (QED) is 0.843. The fraction of sp³-hybridized carbons (Fsp3) is 0.500. The van der Waals surface area contributed by atoms with Crippen LogP contribution in [-0.4, -0.2) is 20.7 Å². The van der Waals surface area contributed by atoms with Crippen LogP contribution in [-0.2, 0) is 10.0 Å². The molecular weight excluding hydrogens is 262 g/mol. The third-order valence-electron chi connectivity index (χ3n) is 3.61. The fourth-order valence-corrected chi connectivity index (χ4v) is 3.51. The summed E-state index contributed by atoms with van der Waals surface area (Å²) in [5, 5.41) is 0. The fourth-order valence-electron chi connectivity index (χ4n) is 2.39. The van der Waals surface area contributed by atoms with E-state index in [4.69, 9.17) is 0 Å². The monoisotopic (exact) mass is 281 g/mol. The summed E-state index contributed by atoms with van der Waals surface area (Å²) in [5.41, 5.74) is 0.523. The molecule has 1 aliphatic rings. The summed E-state index contributed by atoms with van der Waals surface area (Å²) < 4.78 is 26.8. The van der Waals surface area contributed by atoms with E-state index in [0.717, 1.165) is 12.8 Å². The standard InChI is InChI=1S/C14H19NO3S/c1-11(16)13-6-8-14(9-7-13)19(17,18)15-10-12-4-2-3-5-12/h6-9,12,15H,2-5,10H2,1H3. The van der Waals surface area contributed by atoms with Gasteiger partial charge in [-0.15, -0.1) is 0 Å². The maximum absolute atomic E-state index is 12.1. The van der Waals surface area contributed by atoms with Crippen LogP contribution in [0.25, 0.3) is 0 Å². The van der Waals surface area contributed by atoms with Gasteiger partial charge in [0.2, 0.25) is 10.0 Å². The minimum Gasteiger partial charge on any atom is -0.295 e. The molecule has 0 spiro atoms. The number of rotatable bonds is 5. The maximum atomic E-state index is 12.1. The number of ketones is 1. The molecule has 0 heterocycles. The Kier molecular flexibility index (Phi) is 4.37. The summed E-state index contributed by atoms with van der Waals surface area (Å²) in [4.78, 5) is 11.4. The van der Waals surface area contributed by atoms with Crippen LogP contribution in [0, 0.1) is 5.92 Å². The highest BCUT2D eigenvalue weighted by Gasteiger charge is 2.19. The second kappa shape index (κ2) is 5.84. The Bertz CT molecular complexity index is 543. The average Bonchev–Trinajstić information content (AvgIpc) is 2.90. The van der Waals surface area contributed by atoms with Gasteiger partial charge in [0.05, 0.1) is 4.90 Å². The molecule has 1 aromatic carbocycles. The van der Waals surface area contributed by atoms with Crippen molar-refractivity contribution in [3.8, 4) is 0 Å². The zero-order valence-electron chi connectivity index (χ0n) is 11.1. The highest BCUT2D eigenvalue weighted by Crippen LogP contribution is 2.24. The molecule has 104 valence electrons. The topological polar surface area (TPSA) is 63.2 Å². The molecule has 0 amide bonds. The molecule has 1 aromatic rings. The van der Waals surface area contributed by atoms with Crippen molar-refractivity contribution in [3.05, 3.63) is 29.8 Å². The van der Waals surface area contributed by atoms with Crippen molar-refractivity contribution in [1.82, 2.24) is 4.72 Å². The van der Waals surface area contributed by atoms with Crippen LogP contribution in [0.4, 0.5) is 0 Å². The molecule has 2 rings (SSSR count). The van der Waals surface area contributed by atoms with E-state index in [1.165, 1.54) is 31.9 Å². The maximum Gasteiger partial charge on any atom is 0.240 e. The van der Waals surface area contributed by atoms with Crippen LogP contribution in [0.3, 0.4) is 0 Å². The lowest BCUT2D eigenvalue weighted by atomic mass is 10.1. The molecule has 0 saturated heterocycles. The van der Waals surface area contributed by atoms with Crippen LogP contribution in [0.5, 0.6) is 0 Å². The van der Waals surface area contributed by atoms with Crippen molar-refractivity contribution in [2.75, 3.05) is 6.54 Å². The number of sulfonamides is 1. The van der Waals surface area contributed by atoms with Crippen molar-refractivity contribution in [2.45, 2.75) is 37.5 Å². The van der Waals surface area contributed by atoms with Crippen LogP contribution >= 0.6 is 0 Å². The molecular formula is C14H19NO3S. The summed E-state index contributed by atoms with van der Waals surface area (Å²) >= 11 is 0. The van der Waals surface area contributed by atoms with Gasteiger partial charge in [-0.1, -0.05) is 25.0 Å². The molecule has 1 fully saturated rings. The number of Topliss-reactive ketones (excluding diaryl/α,β-unsaturated/α-hetero) is 1. The van der Waals surface area contributed by atoms with Crippen molar-refractivity contribution in [1.29, 1.82) is 0 Å². The number of carbonyl (C=O) groups is 1. The molecule has 19 heavy (non-hydrogen) atoms. The second-order valence-corrected chi connectivity index (χ2v) is 6.85. The van der Waals surface area contributed by atoms with Gasteiger partial charge in [-0.3, -0.25) is 4.79 Å². The van der Waals surface area contributed by atoms with Crippen LogP contribution < -0.4 is 4.72 Å². The number of benzene rings is 1. The number of nitrogens with one attached hydrogen (secondary N) is 1. The summed E-state index contributed by atoms with van der Waals surface area (Å²) in [7, 11) is -3.45. The van der Waals surface area contributed by atoms with E-state index in [1.54, 1.807) is 12.1 Å². The smallest absolute Gasteiger partial charge is 0.240 e. The van der Waals surface area contributed by atoms with Crippen molar-refractivity contribution < 1.29 is 13.2 Å². The Morgan fingerprint density at radius 1 is 1.21 bits per heavy atom. The Labute approximate surface area is 114 Å². The molecule has 0 bridgehead atoms. The lowest BCUT2D eigenvalue weighted by Gasteiger charge is -2.11. The van der Waals surface area contributed by atoms with Gasteiger partial charge in [0.1, 0.15) is 0 Å². The van der Waals surface area contributed by atoms with Gasteiger partial charge in [0.25, 0.3) is 0 Å². The molecule has 5 heteroatoms. The zero-order valence-corrected chi connectivity index (χ0v) is 11.9. The average molecular weight is 281 g/mol. The van der Waals surface area contributed by atoms with Gasteiger partial charge >= 0.3 is 0 Å². The van der Waals surface area contributed by atoms with Crippen LogP contribution in [0.1, 0.15) is 43.0 Å². The van der Waals surface area contributed by atoms with Gasteiger partial charge in [-0.2, -0.15) is 0 Å². The summed E-state index contributed by atoms with van der Waals surface area (Å²) in [6.07, 6.45) is 4.59. The van der Waals surface area contributed by atoms with E-state index in [1.807, 2.05) is 0 Å². The van der Waals surface area contributed by atoms with Crippen molar-refractivity contribution >= 4 is 15.8 Å². The lowest BCUT2D eigenvalue weighted by molar-refractivity contribution is 0.101. The van der Waals surface area contributed by atoms with E-state index in [2.05, 4.69) is 4.72 Å². The van der Waals surface area contributed by atoms with Crippen molar-refractivity contribution in [3.63, 3.8) is 0 Å². The Morgan fingerprint density at radius 3 is 2.32 bits per heavy atom. The Balaban J connectivity index is 2.03. The van der Waals surface area contributed by atoms with E-state index in [0.29, 0.717) is 18.0 Å². The molecule has 0 radical (unpaired) electrons. The molecule has 1 saturated carbocycles. The summed E-state index contributed by atoms with van der Waals surface area (Å²) in [5.74, 6) is 0.397. The van der Waals surface area contributed by atoms with Gasteiger partial charge < -0.3 is 0 Å². The highest BCUT2D eigenvalue weighted by atomic mass is 32.2. The van der Waals surface area contributed by atoms with Gasteiger partial charge in [0.15, 0.2) is 5.78 Å². The number of carbonyl (C=O) groups excluding carboxylic acids is 1. The lowest BCUT2D eigenvalue weighted by Crippen LogP contribution is -2.28. The first-order chi connectivity index (χ1) is 8.99. The zero-order chi connectivity index (χ0) is 13.9. The predicted octanol–water partition coefficient (Wildman–Crippen LogP) is 2.36. The van der Waals surface area contributed by atoms with Gasteiger partial charge in [-0.05, 0) is 37.8 Å². The largest absolute Gasteiger partial charge is 0.295 e. The molecule has 1 aliphatic carbocycles. The van der Waals surface area contributed by atoms with Crippen LogP contribution in [0.2, 0.25) is 0 Å². The first kappa shape index (κ1) is 14.2. The van der Waals surface area contributed by atoms with Crippen molar-refractivity contribution in [2.24, 2.45) is 5.92 Å². The molecule has 1 N–H and O–H groups in total. The third-order valence-corrected chi connectivity index (χ3v) is 5.05. The van der Waals surface area contributed by atoms with E-state index in [9.17, 15) is 13.2 Å². The second-order valence-electron chi connectivity index (χ2n) is 5.08. The normalized spacial score (nSPS) is 16.7. The van der Waals surface area contributed by atoms with E-state index in [-0.39, 0.29) is 10.7 Å². The van der Waals surface area contributed by atoms with Gasteiger partial charge in [-0.25, -0.2) is 13.1 Å². The van der Waals surface area contributed by atoms with Gasteiger partial charge in [0, 0.05) is 12.1 Å². The molecule has 0 aromatic heterocycles. The predicted molar refractivity (Wildman–Crippen MR) is 73.6 cm³/mol. The molecule has 4 nitrogen and oxygen atoms in total. The molecule has 0 aliphatic heterocycles. The highest BCUT2D eigenvalue weighted by molar-refractivity contribution is 7.89. The van der Waals surface area contributed by atoms with E-state index >= 15 is 0 Å². The third kappa shape index (κ3) is 3.64. The summed E-state index contributed by atoms with van der Waals surface area (Å²) in [6.45, 7) is 1.97. The van der Waals surface area contributed by atoms with Crippen LogP contribution in [0.15, 0.2) is 29.2 Å². The first-order valence-corrected chi connectivity index (χ1v) is 8.08.